The number of nitrogens with zero attached hydrogens (tertiary/aromatic N) is 3. The predicted molar refractivity (Wildman–Crippen MR) is 82.5 cm³/mol. The van der Waals surface area contributed by atoms with Gasteiger partial charge in [0.1, 0.15) is 0 Å². The van der Waals surface area contributed by atoms with E-state index in [1.165, 1.54) is 0 Å². The van der Waals surface area contributed by atoms with Gasteiger partial charge in [0.15, 0.2) is 0 Å². The van der Waals surface area contributed by atoms with Crippen molar-refractivity contribution < 1.29 is 4.79 Å². The highest BCUT2D eigenvalue weighted by atomic mass is 32.1. The molecule has 2 amide bonds. The van der Waals surface area contributed by atoms with Crippen LogP contribution in [0.5, 0.6) is 0 Å². The van der Waals surface area contributed by atoms with E-state index in [9.17, 15) is 4.79 Å². The first-order valence-electron chi connectivity index (χ1n) is 7.43. The van der Waals surface area contributed by atoms with Gasteiger partial charge in [-0.2, -0.15) is 5.10 Å². The van der Waals surface area contributed by atoms with E-state index in [4.69, 9.17) is 0 Å². The number of carbonyl (C=O) groups excluding carboxylic acids is 1. The molecule has 2 aromatic heterocycles. The van der Waals surface area contributed by atoms with Crippen LogP contribution in [-0.4, -0.2) is 32.8 Å². The van der Waals surface area contributed by atoms with Crippen molar-refractivity contribution >= 4 is 22.4 Å². The lowest BCUT2D eigenvalue weighted by atomic mass is 9.98. The second kappa shape index (κ2) is 5.18. The molecule has 1 N–H and O–H groups in total. The maximum absolute atomic E-state index is 12.5. The summed E-state index contributed by atoms with van der Waals surface area (Å²) in [4.78, 5) is 14.6. The second-order valence-electron chi connectivity index (χ2n) is 5.81. The normalized spacial score (nSPS) is 27.8. The van der Waals surface area contributed by atoms with Gasteiger partial charge >= 0.3 is 6.03 Å². The number of hydrogen-bond donors (Lipinski definition) is 1. The third-order valence-corrected chi connectivity index (χ3v) is 5.38. The molecule has 21 heavy (non-hydrogen) atoms. The molecule has 6 heteroatoms. The summed E-state index contributed by atoms with van der Waals surface area (Å²) in [5.41, 5.74) is 0. The summed E-state index contributed by atoms with van der Waals surface area (Å²) < 4.78 is 2.06. The van der Waals surface area contributed by atoms with Gasteiger partial charge in [-0.25, -0.2) is 4.79 Å². The van der Waals surface area contributed by atoms with Crippen molar-refractivity contribution in [3.63, 3.8) is 0 Å². The predicted octanol–water partition coefficient (Wildman–Crippen LogP) is 3.34. The van der Waals surface area contributed by atoms with Gasteiger partial charge in [-0.3, -0.25) is 10.00 Å². The van der Waals surface area contributed by atoms with Gasteiger partial charge in [-0.05, 0) is 49.3 Å². The fraction of sp³-hybridized carbons (Fsp3) is 0.467. The van der Waals surface area contributed by atoms with Crippen LogP contribution in [0.3, 0.4) is 0 Å². The van der Waals surface area contributed by atoms with E-state index in [1.807, 2.05) is 36.0 Å². The third kappa shape index (κ3) is 2.33. The monoisotopic (exact) mass is 302 g/mol. The molecule has 110 valence electrons. The number of carbonyl (C=O) groups is 1. The minimum Gasteiger partial charge on any atom is -0.318 e. The smallest absolute Gasteiger partial charge is 0.318 e. The highest BCUT2D eigenvalue weighted by Crippen LogP contribution is 2.40. The summed E-state index contributed by atoms with van der Waals surface area (Å²) in [6.45, 7) is 0. The minimum absolute atomic E-state index is 0.0591. The number of aromatic nitrogens is 2. The number of thiophene rings is 1. The first kappa shape index (κ1) is 12.9. The van der Waals surface area contributed by atoms with Crippen molar-refractivity contribution in [3.8, 4) is 0 Å². The van der Waals surface area contributed by atoms with Gasteiger partial charge in [-0.1, -0.05) is 0 Å². The van der Waals surface area contributed by atoms with Gasteiger partial charge in [-0.15, -0.1) is 11.3 Å². The maximum atomic E-state index is 12.5. The molecule has 2 aromatic rings. The Morgan fingerprint density at radius 3 is 2.67 bits per heavy atom. The first-order valence-corrected chi connectivity index (χ1v) is 8.31. The quantitative estimate of drug-likeness (QED) is 0.925. The van der Waals surface area contributed by atoms with E-state index in [0.29, 0.717) is 18.1 Å². The molecule has 0 radical (unpaired) electrons. The summed E-state index contributed by atoms with van der Waals surface area (Å²) in [5.74, 6) is 0. The van der Waals surface area contributed by atoms with Gasteiger partial charge in [0.2, 0.25) is 0 Å². The molecule has 0 saturated carbocycles. The average Bonchev–Trinajstić information content (AvgIpc) is 3.20. The molecule has 2 aliphatic rings. The third-order valence-electron chi connectivity index (χ3n) is 4.59. The minimum atomic E-state index is 0.0591. The summed E-state index contributed by atoms with van der Waals surface area (Å²) in [6.07, 6.45) is 8.11. The SMILES string of the molecule is O=C(Nc1cccs1)N1C2CCC1CC(n1cccn1)C2. The van der Waals surface area contributed by atoms with Crippen LogP contribution >= 0.6 is 11.3 Å². The largest absolute Gasteiger partial charge is 0.322 e. The van der Waals surface area contributed by atoms with Gasteiger partial charge in [0.05, 0.1) is 11.0 Å². The Bertz CT molecular complexity index is 596. The summed E-state index contributed by atoms with van der Waals surface area (Å²) >= 11 is 1.56. The lowest BCUT2D eigenvalue weighted by Gasteiger charge is -2.38. The molecule has 0 aliphatic carbocycles. The molecule has 2 saturated heterocycles. The van der Waals surface area contributed by atoms with Crippen LogP contribution in [0.15, 0.2) is 36.0 Å². The van der Waals surface area contributed by atoms with Crippen LogP contribution in [0.4, 0.5) is 9.80 Å². The van der Waals surface area contributed by atoms with Gasteiger partial charge in [0, 0.05) is 24.5 Å². The van der Waals surface area contributed by atoms with E-state index >= 15 is 0 Å². The topological polar surface area (TPSA) is 50.2 Å². The number of amides is 2. The second-order valence-corrected chi connectivity index (χ2v) is 6.76. The van der Waals surface area contributed by atoms with Crippen molar-refractivity contribution in [2.75, 3.05) is 5.32 Å². The lowest BCUT2D eigenvalue weighted by molar-refractivity contribution is 0.129. The van der Waals surface area contributed by atoms with Crippen molar-refractivity contribution in [1.29, 1.82) is 0 Å². The van der Waals surface area contributed by atoms with E-state index in [2.05, 4.69) is 20.0 Å². The van der Waals surface area contributed by atoms with E-state index in [-0.39, 0.29) is 6.03 Å². The molecule has 2 bridgehead atoms. The molecular weight excluding hydrogens is 284 g/mol. The zero-order valence-electron chi connectivity index (χ0n) is 11.7. The van der Waals surface area contributed by atoms with Gasteiger partial charge < -0.3 is 4.90 Å². The number of fused-ring (bicyclic) bond motifs is 2. The number of anilines is 1. The van der Waals surface area contributed by atoms with Crippen LogP contribution in [0.2, 0.25) is 0 Å². The zero-order valence-corrected chi connectivity index (χ0v) is 12.5. The number of rotatable bonds is 2. The highest BCUT2D eigenvalue weighted by molar-refractivity contribution is 7.14. The summed E-state index contributed by atoms with van der Waals surface area (Å²) in [6, 6.07) is 7.06. The first-order chi connectivity index (χ1) is 10.3. The van der Waals surface area contributed by atoms with E-state index in [0.717, 1.165) is 30.7 Å². The molecule has 4 rings (SSSR count). The summed E-state index contributed by atoms with van der Waals surface area (Å²) in [7, 11) is 0. The van der Waals surface area contributed by atoms with Crippen molar-refractivity contribution in [3.05, 3.63) is 36.0 Å². The molecule has 5 nitrogen and oxygen atoms in total. The number of hydrogen-bond acceptors (Lipinski definition) is 3. The maximum Gasteiger partial charge on any atom is 0.322 e. The van der Waals surface area contributed by atoms with E-state index < -0.39 is 0 Å². The summed E-state index contributed by atoms with van der Waals surface area (Å²) in [5, 5.41) is 10.3. The lowest BCUT2D eigenvalue weighted by Crippen LogP contribution is -2.48. The fourth-order valence-corrected chi connectivity index (χ4v) is 4.32. The van der Waals surface area contributed by atoms with Gasteiger partial charge in [0.25, 0.3) is 0 Å². The Labute approximate surface area is 127 Å². The number of urea groups is 1. The molecule has 2 unspecified atom stereocenters. The highest BCUT2D eigenvalue weighted by Gasteiger charge is 2.43. The zero-order chi connectivity index (χ0) is 14.2. The Morgan fingerprint density at radius 1 is 1.24 bits per heavy atom. The standard InChI is InChI=1S/C15H18N4OS/c20-15(17-14-3-1-8-21-14)19-11-4-5-12(19)10-13(9-11)18-7-2-6-16-18/h1-3,6-8,11-13H,4-5,9-10H2,(H,17,20). The Balaban J connectivity index is 1.48. The molecule has 0 spiro atoms. The fourth-order valence-electron chi connectivity index (χ4n) is 3.71. The van der Waals surface area contributed by atoms with Crippen LogP contribution in [0, 0.1) is 0 Å². The molecule has 2 atom stereocenters. The molecule has 4 heterocycles. The van der Waals surface area contributed by atoms with E-state index in [1.54, 1.807) is 11.3 Å². The van der Waals surface area contributed by atoms with Crippen molar-refractivity contribution in [2.45, 2.75) is 43.8 Å². The molecule has 2 fully saturated rings. The van der Waals surface area contributed by atoms with Crippen LogP contribution < -0.4 is 5.32 Å². The van der Waals surface area contributed by atoms with Crippen molar-refractivity contribution in [1.82, 2.24) is 14.7 Å². The van der Waals surface area contributed by atoms with Crippen molar-refractivity contribution in [2.24, 2.45) is 0 Å². The molecule has 2 aliphatic heterocycles. The Hall–Kier alpha value is -1.82. The molecule has 0 aromatic carbocycles. The van der Waals surface area contributed by atoms with Crippen LogP contribution in [-0.2, 0) is 0 Å². The Morgan fingerprint density at radius 2 is 2.05 bits per heavy atom. The number of nitrogens with one attached hydrogen (secondary N) is 1. The molecular formula is C15H18N4OS. The average molecular weight is 302 g/mol. The van der Waals surface area contributed by atoms with Crippen LogP contribution in [0.1, 0.15) is 31.7 Å². The number of piperidine rings is 1. The Kier molecular flexibility index (Phi) is 3.18. The van der Waals surface area contributed by atoms with Crippen LogP contribution in [0.25, 0.3) is 0 Å².